The molecule has 2 atom stereocenters. The predicted octanol–water partition coefficient (Wildman–Crippen LogP) is 4.17. The minimum Gasteiger partial charge on any atom is -0.493 e. The SMILES string of the molecule is CCC(C)[C@@H]1Nc2cc3ncnc(Nc4ccc(OC)c(OC)c4)c3cc2NC1=O. The highest BCUT2D eigenvalue weighted by molar-refractivity contribution is 6.07. The molecule has 1 aliphatic heterocycles. The smallest absolute Gasteiger partial charge is 0.247 e. The van der Waals surface area contributed by atoms with Crippen molar-refractivity contribution in [3.8, 4) is 11.5 Å². The van der Waals surface area contributed by atoms with Gasteiger partial charge in [0.2, 0.25) is 5.91 Å². The van der Waals surface area contributed by atoms with E-state index in [0.29, 0.717) is 17.3 Å². The molecule has 2 heterocycles. The van der Waals surface area contributed by atoms with E-state index in [0.717, 1.165) is 34.4 Å². The largest absolute Gasteiger partial charge is 0.493 e. The van der Waals surface area contributed by atoms with Gasteiger partial charge in [-0.1, -0.05) is 20.3 Å². The molecular formula is C22H25N5O3. The molecule has 0 bridgehead atoms. The molecule has 1 amide bonds. The van der Waals surface area contributed by atoms with E-state index in [9.17, 15) is 4.79 Å². The fourth-order valence-corrected chi connectivity index (χ4v) is 3.56. The maximum Gasteiger partial charge on any atom is 0.247 e. The van der Waals surface area contributed by atoms with Gasteiger partial charge in [-0.2, -0.15) is 0 Å². The van der Waals surface area contributed by atoms with Gasteiger partial charge in [0.05, 0.1) is 31.1 Å². The molecule has 0 radical (unpaired) electrons. The number of anilines is 4. The number of methoxy groups -OCH3 is 2. The van der Waals surface area contributed by atoms with Crippen molar-refractivity contribution in [3.63, 3.8) is 0 Å². The van der Waals surface area contributed by atoms with E-state index in [-0.39, 0.29) is 17.9 Å². The Morgan fingerprint density at radius 3 is 2.63 bits per heavy atom. The third kappa shape index (κ3) is 3.56. The number of ether oxygens (including phenoxy) is 2. The standard InChI is InChI=1S/C22H25N5O3/c1-5-12(2)20-22(28)27-16-9-14-15(10-17(16)26-20)23-11-24-21(14)25-13-6-7-18(29-3)19(8-13)30-4/h6-12,20,26H,5H2,1-4H3,(H,27,28)(H,23,24,25)/t12?,20-/m0/s1. The van der Waals surface area contributed by atoms with E-state index in [1.807, 2.05) is 30.3 Å². The number of benzene rings is 2. The maximum atomic E-state index is 12.6. The summed E-state index contributed by atoms with van der Waals surface area (Å²) in [7, 11) is 3.19. The third-order valence-corrected chi connectivity index (χ3v) is 5.49. The van der Waals surface area contributed by atoms with Gasteiger partial charge in [-0.3, -0.25) is 4.79 Å². The molecule has 0 aliphatic carbocycles. The van der Waals surface area contributed by atoms with Crippen LogP contribution in [0, 0.1) is 5.92 Å². The summed E-state index contributed by atoms with van der Waals surface area (Å²) in [4.78, 5) is 21.4. The van der Waals surface area contributed by atoms with Crippen LogP contribution in [-0.4, -0.2) is 36.1 Å². The first kappa shape index (κ1) is 19.8. The van der Waals surface area contributed by atoms with Crippen LogP contribution in [0.15, 0.2) is 36.7 Å². The number of fused-ring (bicyclic) bond motifs is 2. The molecule has 0 saturated heterocycles. The van der Waals surface area contributed by atoms with Crippen molar-refractivity contribution < 1.29 is 14.3 Å². The van der Waals surface area contributed by atoms with Crippen LogP contribution in [0.3, 0.4) is 0 Å². The fourth-order valence-electron chi connectivity index (χ4n) is 3.56. The van der Waals surface area contributed by atoms with E-state index in [4.69, 9.17) is 9.47 Å². The number of nitrogens with one attached hydrogen (secondary N) is 3. The summed E-state index contributed by atoms with van der Waals surface area (Å²) < 4.78 is 10.7. The molecule has 2 aromatic carbocycles. The van der Waals surface area contributed by atoms with Crippen LogP contribution in [0.25, 0.3) is 10.9 Å². The minimum absolute atomic E-state index is 0.0255. The molecule has 0 spiro atoms. The molecule has 8 heteroatoms. The lowest BCUT2D eigenvalue weighted by molar-refractivity contribution is -0.118. The highest BCUT2D eigenvalue weighted by Crippen LogP contribution is 2.36. The number of carbonyl (C=O) groups is 1. The Balaban J connectivity index is 1.70. The molecule has 0 fully saturated rings. The summed E-state index contributed by atoms with van der Waals surface area (Å²) in [6, 6.07) is 9.13. The maximum absolute atomic E-state index is 12.6. The Hall–Kier alpha value is -3.55. The van der Waals surface area contributed by atoms with Gasteiger partial charge in [0.1, 0.15) is 18.2 Å². The van der Waals surface area contributed by atoms with Crippen molar-refractivity contribution in [2.45, 2.75) is 26.3 Å². The monoisotopic (exact) mass is 407 g/mol. The summed E-state index contributed by atoms with van der Waals surface area (Å²) in [5.41, 5.74) is 3.16. The highest BCUT2D eigenvalue weighted by Gasteiger charge is 2.29. The molecule has 0 saturated carbocycles. The summed E-state index contributed by atoms with van der Waals surface area (Å²) in [5, 5.41) is 10.5. The Morgan fingerprint density at radius 1 is 1.10 bits per heavy atom. The molecule has 156 valence electrons. The first-order chi connectivity index (χ1) is 14.5. The molecule has 1 aromatic heterocycles. The summed E-state index contributed by atoms with van der Waals surface area (Å²) in [6.45, 7) is 4.14. The minimum atomic E-state index is -0.258. The van der Waals surface area contributed by atoms with Gasteiger partial charge in [-0.25, -0.2) is 9.97 Å². The number of hydrogen-bond donors (Lipinski definition) is 3. The zero-order chi connectivity index (χ0) is 21.3. The molecule has 3 N–H and O–H groups in total. The second kappa shape index (κ2) is 8.06. The van der Waals surface area contributed by atoms with Crippen LogP contribution >= 0.6 is 0 Å². The Labute approximate surface area is 175 Å². The second-order valence-electron chi connectivity index (χ2n) is 7.33. The van der Waals surface area contributed by atoms with E-state index in [1.54, 1.807) is 14.2 Å². The zero-order valence-electron chi connectivity index (χ0n) is 17.4. The van der Waals surface area contributed by atoms with Gasteiger partial charge in [0.25, 0.3) is 0 Å². The van der Waals surface area contributed by atoms with Crippen LogP contribution in [-0.2, 0) is 4.79 Å². The van der Waals surface area contributed by atoms with Crippen LogP contribution in [0.1, 0.15) is 20.3 Å². The number of amides is 1. The summed E-state index contributed by atoms with van der Waals surface area (Å²) in [5.74, 6) is 2.09. The number of carbonyl (C=O) groups excluding carboxylic acids is 1. The van der Waals surface area contributed by atoms with Gasteiger partial charge in [0, 0.05) is 17.1 Å². The van der Waals surface area contributed by atoms with Crippen molar-refractivity contribution in [1.82, 2.24) is 9.97 Å². The Bertz CT molecular complexity index is 1100. The lowest BCUT2D eigenvalue weighted by Crippen LogP contribution is -2.43. The highest BCUT2D eigenvalue weighted by atomic mass is 16.5. The molecule has 3 aromatic rings. The average Bonchev–Trinajstić information content (AvgIpc) is 2.77. The van der Waals surface area contributed by atoms with Gasteiger partial charge < -0.3 is 25.4 Å². The fraction of sp³-hybridized carbons (Fsp3) is 0.318. The van der Waals surface area contributed by atoms with Gasteiger partial charge >= 0.3 is 0 Å². The Kier molecular flexibility index (Phi) is 5.31. The van der Waals surface area contributed by atoms with Crippen LogP contribution < -0.4 is 25.4 Å². The van der Waals surface area contributed by atoms with Gasteiger partial charge in [0.15, 0.2) is 11.5 Å². The Morgan fingerprint density at radius 2 is 1.90 bits per heavy atom. The lowest BCUT2D eigenvalue weighted by atomic mass is 9.96. The van der Waals surface area contributed by atoms with E-state index in [2.05, 4.69) is 39.8 Å². The van der Waals surface area contributed by atoms with Crippen molar-refractivity contribution in [2.75, 3.05) is 30.2 Å². The van der Waals surface area contributed by atoms with E-state index in [1.165, 1.54) is 6.33 Å². The van der Waals surface area contributed by atoms with Crippen molar-refractivity contribution in [1.29, 1.82) is 0 Å². The second-order valence-corrected chi connectivity index (χ2v) is 7.33. The van der Waals surface area contributed by atoms with E-state index < -0.39 is 0 Å². The molecule has 4 rings (SSSR count). The third-order valence-electron chi connectivity index (χ3n) is 5.49. The van der Waals surface area contributed by atoms with Crippen LogP contribution in [0.2, 0.25) is 0 Å². The molecule has 8 nitrogen and oxygen atoms in total. The number of aromatic nitrogens is 2. The zero-order valence-corrected chi connectivity index (χ0v) is 17.4. The normalized spacial score (nSPS) is 16.3. The van der Waals surface area contributed by atoms with Crippen molar-refractivity contribution in [3.05, 3.63) is 36.7 Å². The first-order valence-electron chi connectivity index (χ1n) is 9.89. The number of rotatable bonds is 6. The van der Waals surface area contributed by atoms with Crippen molar-refractivity contribution >= 4 is 39.7 Å². The predicted molar refractivity (Wildman–Crippen MR) is 118 cm³/mol. The average molecular weight is 407 g/mol. The van der Waals surface area contributed by atoms with Gasteiger partial charge in [-0.05, 0) is 30.2 Å². The van der Waals surface area contributed by atoms with Crippen LogP contribution in [0.4, 0.5) is 22.9 Å². The number of nitrogens with zero attached hydrogens (tertiary/aromatic N) is 2. The molecular weight excluding hydrogens is 382 g/mol. The molecule has 30 heavy (non-hydrogen) atoms. The number of hydrogen-bond acceptors (Lipinski definition) is 7. The van der Waals surface area contributed by atoms with E-state index >= 15 is 0 Å². The van der Waals surface area contributed by atoms with Crippen molar-refractivity contribution in [2.24, 2.45) is 5.92 Å². The lowest BCUT2D eigenvalue weighted by Gasteiger charge is -2.30. The summed E-state index contributed by atoms with van der Waals surface area (Å²) >= 11 is 0. The first-order valence-corrected chi connectivity index (χ1v) is 9.89. The molecule has 1 unspecified atom stereocenters. The topological polar surface area (TPSA) is 97.4 Å². The summed E-state index contributed by atoms with van der Waals surface area (Å²) in [6.07, 6.45) is 2.43. The quantitative estimate of drug-likeness (QED) is 0.564. The van der Waals surface area contributed by atoms with Gasteiger partial charge in [-0.15, -0.1) is 0 Å². The molecule has 1 aliphatic rings. The van der Waals surface area contributed by atoms with Crippen LogP contribution in [0.5, 0.6) is 11.5 Å².